The second kappa shape index (κ2) is 8.45. The number of hydrogen-bond acceptors (Lipinski definition) is 6. The zero-order chi connectivity index (χ0) is 21.1. The maximum atomic E-state index is 11.8. The number of benzene rings is 2. The molecule has 30 heavy (non-hydrogen) atoms. The fourth-order valence-electron chi connectivity index (χ4n) is 3.39. The molecule has 2 atom stereocenters. The summed E-state index contributed by atoms with van der Waals surface area (Å²) in [6.07, 6.45) is 3.49. The molecule has 1 N–H and O–H groups in total. The first-order chi connectivity index (χ1) is 14.4. The Morgan fingerprint density at radius 3 is 2.70 bits per heavy atom. The molecule has 0 amide bonds. The van der Waals surface area contributed by atoms with Crippen LogP contribution in [0, 0.1) is 0 Å². The lowest BCUT2D eigenvalue weighted by Crippen LogP contribution is -2.44. The van der Waals surface area contributed by atoms with Gasteiger partial charge >= 0.3 is 5.97 Å². The summed E-state index contributed by atoms with van der Waals surface area (Å²) in [6.45, 7) is 2.23. The third-order valence-electron chi connectivity index (χ3n) is 4.97. The standard InChI is InChI=1S/C22H21ClN2O5/c1-22(21(26)27,12-17-3-2-10-28-17)30-16-7-5-15(6-8-16)29-20-13-24-19-11-14(23)4-9-18(19)25-20/h4-9,11,13,17H,2-3,10,12H2,1H3,(H,26,27)/t17?,22-/m1/s1. The van der Waals surface area contributed by atoms with Crippen molar-refractivity contribution < 1.29 is 24.1 Å². The van der Waals surface area contributed by atoms with Crippen LogP contribution >= 0.6 is 11.6 Å². The van der Waals surface area contributed by atoms with E-state index in [1.807, 2.05) is 0 Å². The minimum absolute atomic E-state index is 0.102. The van der Waals surface area contributed by atoms with Crippen molar-refractivity contribution in [3.63, 3.8) is 0 Å². The summed E-state index contributed by atoms with van der Waals surface area (Å²) in [7, 11) is 0. The van der Waals surface area contributed by atoms with Crippen molar-refractivity contribution in [1.82, 2.24) is 9.97 Å². The third kappa shape index (κ3) is 4.63. The second-order valence-corrected chi connectivity index (χ2v) is 7.83. The van der Waals surface area contributed by atoms with Crippen molar-refractivity contribution in [3.05, 3.63) is 53.7 Å². The fourth-order valence-corrected chi connectivity index (χ4v) is 3.55. The number of fused-ring (bicyclic) bond motifs is 1. The molecule has 1 aromatic heterocycles. The number of aliphatic carboxylic acids is 1. The molecule has 8 heteroatoms. The summed E-state index contributed by atoms with van der Waals surface area (Å²) in [5.74, 6) is 0.280. The van der Waals surface area contributed by atoms with Crippen molar-refractivity contribution in [1.29, 1.82) is 0 Å². The topological polar surface area (TPSA) is 90.8 Å². The van der Waals surface area contributed by atoms with Crippen LogP contribution in [0.3, 0.4) is 0 Å². The number of halogens is 1. The zero-order valence-electron chi connectivity index (χ0n) is 16.4. The molecular formula is C22H21ClN2O5. The first-order valence-electron chi connectivity index (χ1n) is 9.65. The molecule has 1 saturated heterocycles. The lowest BCUT2D eigenvalue weighted by Gasteiger charge is -2.28. The molecule has 156 valence electrons. The molecule has 0 spiro atoms. The summed E-state index contributed by atoms with van der Waals surface area (Å²) >= 11 is 5.96. The van der Waals surface area contributed by atoms with E-state index in [-0.39, 0.29) is 12.5 Å². The molecule has 0 bridgehead atoms. The normalized spacial score (nSPS) is 18.1. The lowest BCUT2D eigenvalue weighted by molar-refractivity contribution is -0.156. The van der Waals surface area contributed by atoms with Crippen molar-refractivity contribution in [2.45, 2.75) is 37.9 Å². The monoisotopic (exact) mass is 428 g/mol. The van der Waals surface area contributed by atoms with Gasteiger partial charge in [0.1, 0.15) is 11.5 Å². The number of rotatable bonds is 7. The van der Waals surface area contributed by atoms with Crippen molar-refractivity contribution >= 4 is 28.6 Å². The van der Waals surface area contributed by atoms with Gasteiger partial charge in [-0.05, 0) is 62.2 Å². The van der Waals surface area contributed by atoms with E-state index in [2.05, 4.69) is 9.97 Å². The zero-order valence-corrected chi connectivity index (χ0v) is 17.1. The lowest BCUT2D eigenvalue weighted by atomic mass is 9.96. The molecule has 0 saturated carbocycles. The number of carbonyl (C=O) groups is 1. The molecule has 7 nitrogen and oxygen atoms in total. The first-order valence-corrected chi connectivity index (χ1v) is 10.0. The first kappa shape index (κ1) is 20.4. The molecule has 1 aliphatic rings. The van der Waals surface area contributed by atoms with E-state index >= 15 is 0 Å². The van der Waals surface area contributed by atoms with Crippen LogP contribution in [-0.4, -0.2) is 39.4 Å². The van der Waals surface area contributed by atoms with Crippen LogP contribution in [0.5, 0.6) is 17.4 Å². The van der Waals surface area contributed by atoms with Gasteiger partial charge in [-0.2, -0.15) is 0 Å². The van der Waals surface area contributed by atoms with Crippen LogP contribution in [0.4, 0.5) is 0 Å². The predicted octanol–water partition coefficient (Wildman–Crippen LogP) is 4.87. The highest BCUT2D eigenvalue weighted by molar-refractivity contribution is 6.31. The number of aromatic nitrogens is 2. The average Bonchev–Trinajstić information content (AvgIpc) is 3.22. The Hall–Kier alpha value is -2.90. The highest BCUT2D eigenvalue weighted by atomic mass is 35.5. The maximum absolute atomic E-state index is 11.8. The summed E-state index contributed by atoms with van der Waals surface area (Å²) in [6, 6.07) is 12.0. The van der Waals surface area contributed by atoms with Crippen LogP contribution < -0.4 is 9.47 Å². The second-order valence-electron chi connectivity index (χ2n) is 7.39. The summed E-state index contributed by atoms with van der Waals surface area (Å²) < 4.78 is 17.2. The van der Waals surface area contributed by atoms with Gasteiger partial charge in [0.2, 0.25) is 11.5 Å². The van der Waals surface area contributed by atoms with Crippen LogP contribution in [0.15, 0.2) is 48.7 Å². The number of carboxylic acids is 1. The highest BCUT2D eigenvalue weighted by Crippen LogP contribution is 2.30. The van der Waals surface area contributed by atoms with Gasteiger partial charge < -0.3 is 19.3 Å². The summed E-state index contributed by atoms with van der Waals surface area (Å²) in [4.78, 5) is 20.5. The van der Waals surface area contributed by atoms with Crippen LogP contribution in [-0.2, 0) is 9.53 Å². The van der Waals surface area contributed by atoms with E-state index < -0.39 is 11.6 Å². The number of ether oxygens (including phenoxy) is 3. The van der Waals surface area contributed by atoms with Crippen LogP contribution in [0.2, 0.25) is 5.02 Å². The Morgan fingerprint density at radius 2 is 2.00 bits per heavy atom. The Balaban J connectivity index is 1.45. The van der Waals surface area contributed by atoms with Crippen LogP contribution in [0.1, 0.15) is 26.2 Å². The summed E-state index contributed by atoms with van der Waals surface area (Å²) in [5.41, 5.74) is -0.0244. The molecule has 1 fully saturated rings. The van der Waals surface area contributed by atoms with E-state index in [1.54, 1.807) is 49.4 Å². The molecule has 0 aliphatic carbocycles. The molecule has 1 aliphatic heterocycles. The van der Waals surface area contributed by atoms with E-state index in [0.717, 1.165) is 12.8 Å². The van der Waals surface area contributed by atoms with Gasteiger partial charge in [-0.15, -0.1) is 0 Å². The third-order valence-corrected chi connectivity index (χ3v) is 5.20. The van der Waals surface area contributed by atoms with E-state index in [9.17, 15) is 9.90 Å². The number of carboxylic acid groups (broad SMARTS) is 1. The quantitative estimate of drug-likeness (QED) is 0.574. The van der Waals surface area contributed by atoms with E-state index in [4.69, 9.17) is 25.8 Å². The smallest absolute Gasteiger partial charge is 0.347 e. The van der Waals surface area contributed by atoms with Crippen molar-refractivity contribution in [3.8, 4) is 17.4 Å². The highest BCUT2D eigenvalue weighted by Gasteiger charge is 2.39. The van der Waals surface area contributed by atoms with Crippen molar-refractivity contribution in [2.75, 3.05) is 6.61 Å². The Kier molecular flexibility index (Phi) is 5.74. The van der Waals surface area contributed by atoms with Crippen molar-refractivity contribution in [2.24, 2.45) is 0 Å². The van der Waals surface area contributed by atoms with Gasteiger partial charge in [-0.25, -0.2) is 14.8 Å². The van der Waals surface area contributed by atoms with Crippen LogP contribution in [0.25, 0.3) is 11.0 Å². The van der Waals surface area contributed by atoms with Gasteiger partial charge in [-0.3, -0.25) is 0 Å². The summed E-state index contributed by atoms with van der Waals surface area (Å²) in [5, 5.41) is 10.3. The molecule has 0 radical (unpaired) electrons. The van der Waals surface area contributed by atoms with Gasteiger partial charge in [0, 0.05) is 18.1 Å². The predicted molar refractivity (Wildman–Crippen MR) is 111 cm³/mol. The largest absolute Gasteiger partial charge is 0.478 e. The number of nitrogens with zero attached hydrogens (tertiary/aromatic N) is 2. The van der Waals surface area contributed by atoms with Gasteiger partial charge in [0.15, 0.2) is 0 Å². The van der Waals surface area contributed by atoms with E-state index in [0.29, 0.717) is 40.0 Å². The molecule has 2 aromatic carbocycles. The molecule has 1 unspecified atom stereocenters. The number of hydrogen-bond donors (Lipinski definition) is 1. The van der Waals surface area contributed by atoms with Gasteiger partial charge in [-0.1, -0.05) is 11.6 Å². The van der Waals surface area contributed by atoms with Gasteiger partial charge in [0.05, 0.1) is 23.3 Å². The minimum Gasteiger partial charge on any atom is -0.478 e. The molecular weight excluding hydrogens is 408 g/mol. The SMILES string of the molecule is C[C@](CC1CCCO1)(Oc1ccc(Oc2cnc3cc(Cl)ccc3n2)cc1)C(=O)O. The Bertz CT molecular complexity index is 1050. The molecule has 2 heterocycles. The Morgan fingerprint density at radius 1 is 1.23 bits per heavy atom. The average molecular weight is 429 g/mol. The molecule has 4 rings (SSSR count). The maximum Gasteiger partial charge on any atom is 0.347 e. The molecule has 3 aromatic rings. The van der Waals surface area contributed by atoms with E-state index in [1.165, 1.54) is 6.20 Å². The fraction of sp³-hybridized carbons (Fsp3) is 0.318. The van der Waals surface area contributed by atoms with Gasteiger partial charge in [0.25, 0.3) is 0 Å². The Labute approximate surface area is 178 Å². The minimum atomic E-state index is -1.37.